The monoisotopic (exact) mass is 433 g/mol. The number of hydrogen-bond donors (Lipinski definition) is 1. The second-order valence-corrected chi connectivity index (χ2v) is 7.73. The van der Waals surface area contributed by atoms with Gasteiger partial charge in [-0.05, 0) is 31.0 Å². The van der Waals surface area contributed by atoms with Gasteiger partial charge in [0.05, 0.1) is 17.8 Å². The van der Waals surface area contributed by atoms with Crippen LogP contribution in [0.5, 0.6) is 0 Å². The minimum Gasteiger partial charge on any atom is -0.340 e. The van der Waals surface area contributed by atoms with Crippen molar-refractivity contribution in [3.63, 3.8) is 0 Å². The van der Waals surface area contributed by atoms with E-state index in [0.717, 1.165) is 11.6 Å². The first-order chi connectivity index (χ1) is 14.7. The lowest BCUT2D eigenvalue weighted by atomic mass is 10.1. The lowest BCUT2D eigenvalue weighted by molar-refractivity contribution is -0.137. The Kier molecular flexibility index (Phi) is 7.33. The molecule has 1 aliphatic heterocycles. The highest BCUT2D eigenvalue weighted by Gasteiger charge is 2.33. The molecule has 2 aromatic rings. The maximum absolute atomic E-state index is 13.1. The molecule has 166 valence electrons. The Morgan fingerprint density at radius 1 is 0.968 bits per heavy atom. The van der Waals surface area contributed by atoms with E-state index in [2.05, 4.69) is 5.32 Å². The van der Waals surface area contributed by atoms with Gasteiger partial charge in [-0.2, -0.15) is 13.2 Å². The Balaban J connectivity index is 1.44. The van der Waals surface area contributed by atoms with Crippen LogP contribution >= 0.6 is 0 Å². The Hall–Kier alpha value is -2.87. The van der Waals surface area contributed by atoms with Crippen LogP contribution in [0.25, 0.3) is 0 Å². The van der Waals surface area contributed by atoms with Crippen molar-refractivity contribution in [2.75, 3.05) is 38.0 Å². The minimum absolute atomic E-state index is 0.0163. The summed E-state index contributed by atoms with van der Waals surface area (Å²) in [4.78, 5) is 28.3. The first kappa shape index (κ1) is 22.8. The fourth-order valence-corrected chi connectivity index (χ4v) is 3.55. The number of piperazine rings is 1. The number of nitrogens with one attached hydrogen (secondary N) is 1. The van der Waals surface area contributed by atoms with E-state index in [1.807, 2.05) is 36.1 Å². The van der Waals surface area contributed by atoms with Crippen LogP contribution in [0, 0.1) is 6.92 Å². The van der Waals surface area contributed by atoms with Crippen molar-refractivity contribution < 1.29 is 22.8 Å². The van der Waals surface area contributed by atoms with Crippen LogP contribution in [0.2, 0.25) is 0 Å². The summed E-state index contributed by atoms with van der Waals surface area (Å²) < 4.78 is 39.2. The number of nitrogens with zero attached hydrogens (tertiary/aromatic N) is 2. The molecule has 1 saturated heterocycles. The summed E-state index contributed by atoms with van der Waals surface area (Å²) >= 11 is 0. The molecule has 8 heteroatoms. The molecule has 3 rings (SSSR count). The highest BCUT2D eigenvalue weighted by molar-refractivity contribution is 5.93. The number of alkyl halides is 3. The number of carbonyl (C=O) groups excluding carboxylic acids is 2. The Labute approximate surface area is 179 Å². The van der Waals surface area contributed by atoms with E-state index in [4.69, 9.17) is 0 Å². The number of hydrogen-bond acceptors (Lipinski definition) is 3. The van der Waals surface area contributed by atoms with Crippen LogP contribution in [0.1, 0.15) is 23.1 Å². The summed E-state index contributed by atoms with van der Waals surface area (Å²) in [5.41, 5.74) is 1.18. The highest BCUT2D eigenvalue weighted by Crippen LogP contribution is 2.34. The Morgan fingerprint density at radius 2 is 1.61 bits per heavy atom. The molecule has 0 saturated carbocycles. The van der Waals surface area contributed by atoms with Crippen molar-refractivity contribution in [2.45, 2.75) is 25.9 Å². The summed E-state index contributed by atoms with van der Waals surface area (Å²) in [5, 5.41) is 2.36. The third-order valence-electron chi connectivity index (χ3n) is 5.35. The van der Waals surface area contributed by atoms with E-state index in [1.54, 1.807) is 4.90 Å². The second-order valence-electron chi connectivity index (χ2n) is 7.73. The van der Waals surface area contributed by atoms with Crippen LogP contribution in [0.4, 0.5) is 18.9 Å². The minimum atomic E-state index is -4.53. The van der Waals surface area contributed by atoms with E-state index in [1.165, 1.54) is 23.8 Å². The SMILES string of the molecule is Cc1ccc(CCC(=O)N2CCN(CC(=O)Nc3ccccc3C(F)(F)F)CC2)cc1. The summed E-state index contributed by atoms with van der Waals surface area (Å²) in [6.45, 7) is 4.01. The molecule has 2 amide bonds. The van der Waals surface area contributed by atoms with Crippen LogP contribution in [0.3, 0.4) is 0 Å². The van der Waals surface area contributed by atoms with E-state index < -0.39 is 17.6 Å². The molecule has 0 bridgehead atoms. The lowest BCUT2D eigenvalue weighted by Crippen LogP contribution is -2.50. The largest absolute Gasteiger partial charge is 0.418 e. The van der Waals surface area contributed by atoms with Gasteiger partial charge in [-0.15, -0.1) is 0 Å². The van der Waals surface area contributed by atoms with E-state index >= 15 is 0 Å². The van der Waals surface area contributed by atoms with Gasteiger partial charge in [-0.1, -0.05) is 42.0 Å². The van der Waals surface area contributed by atoms with Crippen molar-refractivity contribution in [1.82, 2.24) is 9.80 Å². The van der Waals surface area contributed by atoms with Gasteiger partial charge in [0, 0.05) is 32.6 Å². The molecule has 0 radical (unpaired) electrons. The highest BCUT2D eigenvalue weighted by atomic mass is 19.4. The maximum atomic E-state index is 13.1. The van der Waals surface area contributed by atoms with Gasteiger partial charge in [-0.25, -0.2) is 0 Å². The first-order valence-electron chi connectivity index (χ1n) is 10.2. The summed E-state index contributed by atoms with van der Waals surface area (Å²) in [6, 6.07) is 13.0. The van der Waals surface area contributed by atoms with Gasteiger partial charge >= 0.3 is 6.18 Å². The molecule has 1 N–H and O–H groups in total. The predicted molar refractivity (Wildman–Crippen MR) is 113 cm³/mol. The number of amides is 2. The average Bonchev–Trinajstić information content (AvgIpc) is 2.73. The number of rotatable bonds is 6. The molecule has 0 aromatic heterocycles. The van der Waals surface area contributed by atoms with Crippen molar-refractivity contribution >= 4 is 17.5 Å². The standard InChI is InChI=1S/C23H26F3N3O2/c1-17-6-8-18(9-7-17)10-11-22(31)29-14-12-28(13-15-29)16-21(30)27-20-5-3-2-4-19(20)23(24,25)26/h2-9H,10-16H2,1H3,(H,27,30). The summed E-state index contributed by atoms with van der Waals surface area (Å²) in [7, 11) is 0. The number of halogens is 3. The van der Waals surface area contributed by atoms with Crippen LogP contribution in [0.15, 0.2) is 48.5 Å². The lowest BCUT2D eigenvalue weighted by Gasteiger charge is -2.34. The van der Waals surface area contributed by atoms with E-state index in [-0.39, 0.29) is 18.1 Å². The molecule has 31 heavy (non-hydrogen) atoms. The fraction of sp³-hybridized carbons (Fsp3) is 0.391. The smallest absolute Gasteiger partial charge is 0.340 e. The Bertz CT molecular complexity index is 905. The number of aryl methyl sites for hydroxylation is 2. The molecule has 0 atom stereocenters. The van der Waals surface area contributed by atoms with E-state index in [0.29, 0.717) is 39.0 Å². The van der Waals surface area contributed by atoms with Gasteiger partial charge in [0.2, 0.25) is 11.8 Å². The molecular formula is C23H26F3N3O2. The molecule has 2 aromatic carbocycles. The van der Waals surface area contributed by atoms with Crippen molar-refractivity contribution in [2.24, 2.45) is 0 Å². The quantitative estimate of drug-likeness (QED) is 0.755. The van der Waals surface area contributed by atoms with E-state index in [9.17, 15) is 22.8 Å². The maximum Gasteiger partial charge on any atom is 0.418 e. The topological polar surface area (TPSA) is 52.7 Å². The number of carbonyl (C=O) groups is 2. The fourth-order valence-electron chi connectivity index (χ4n) is 3.55. The predicted octanol–water partition coefficient (Wildman–Crippen LogP) is 3.73. The van der Waals surface area contributed by atoms with Gasteiger partial charge in [0.25, 0.3) is 0 Å². The van der Waals surface area contributed by atoms with Gasteiger partial charge in [-0.3, -0.25) is 14.5 Å². The third-order valence-corrected chi connectivity index (χ3v) is 5.35. The second kappa shape index (κ2) is 9.96. The molecule has 1 fully saturated rings. The molecule has 0 unspecified atom stereocenters. The van der Waals surface area contributed by atoms with Crippen molar-refractivity contribution in [1.29, 1.82) is 0 Å². The molecule has 5 nitrogen and oxygen atoms in total. The van der Waals surface area contributed by atoms with Crippen molar-refractivity contribution in [3.05, 3.63) is 65.2 Å². The summed E-state index contributed by atoms with van der Waals surface area (Å²) in [5.74, 6) is -0.431. The molecule has 0 aliphatic carbocycles. The van der Waals surface area contributed by atoms with Crippen LogP contribution < -0.4 is 5.32 Å². The molecule has 1 aliphatic rings. The number of para-hydroxylation sites is 1. The van der Waals surface area contributed by atoms with Gasteiger partial charge in [0.15, 0.2) is 0 Å². The average molecular weight is 433 g/mol. The first-order valence-corrected chi connectivity index (χ1v) is 10.2. The number of anilines is 1. The van der Waals surface area contributed by atoms with Gasteiger partial charge in [0.1, 0.15) is 0 Å². The zero-order valence-corrected chi connectivity index (χ0v) is 17.4. The zero-order chi connectivity index (χ0) is 22.4. The molecular weight excluding hydrogens is 407 g/mol. The molecule has 1 heterocycles. The normalized spacial score (nSPS) is 15.0. The Morgan fingerprint density at radius 3 is 2.26 bits per heavy atom. The zero-order valence-electron chi connectivity index (χ0n) is 17.4. The number of benzene rings is 2. The van der Waals surface area contributed by atoms with Gasteiger partial charge < -0.3 is 10.2 Å². The molecule has 0 spiro atoms. The third kappa shape index (κ3) is 6.55. The summed E-state index contributed by atoms with van der Waals surface area (Å²) in [6.07, 6.45) is -3.42. The van der Waals surface area contributed by atoms with Crippen LogP contribution in [-0.4, -0.2) is 54.3 Å². The van der Waals surface area contributed by atoms with Crippen LogP contribution in [-0.2, 0) is 22.2 Å². The van der Waals surface area contributed by atoms with Crippen molar-refractivity contribution in [3.8, 4) is 0 Å².